The van der Waals surface area contributed by atoms with Gasteiger partial charge in [0.25, 0.3) is 0 Å². The summed E-state index contributed by atoms with van der Waals surface area (Å²) in [6.45, 7) is 4.44. The maximum absolute atomic E-state index is 10.2. The smallest absolute Gasteiger partial charge is 0.123 e. The predicted molar refractivity (Wildman–Crippen MR) is 134 cm³/mol. The van der Waals surface area contributed by atoms with E-state index in [9.17, 15) is 5.21 Å². The molecule has 1 aliphatic carbocycles. The fraction of sp³-hybridized carbons (Fsp3) is 0.222. The third-order valence-corrected chi connectivity index (χ3v) is 7.02. The van der Waals surface area contributed by atoms with Crippen LogP contribution in [0.5, 0.6) is 17.2 Å². The van der Waals surface area contributed by atoms with Gasteiger partial charge in [-0.3, -0.25) is 0 Å². The highest BCUT2D eigenvalue weighted by molar-refractivity contribution is 9.10. The first kappa shape index (κ1) is 22.9. The normalized spacial score (nSPS) is 18.1. The van der Waals surface area contributed by atoms with E-state index in [1.54, 1.807) is 21.3 Å². The summed E-state index contributed by atoms with van der Waals surface area (Å²) >= 11 is 3.66. The molecule has 0 aliphatic heterocycles. The molecule has 0 spiro atoms. The Hall–Kier alpha value is -3.25. The summed E-state index contributed by atoms with van der Waals surface area (Å²) in [5.74, 6) is 2.21. The van der Waals surface area contributed by atoms with E-state index in [-0.39, 0.29) is 0 Å². The Morgan fingerprint density at radius 2 is 1.73 bits per heavy atom. The van der Waals surface area contributed by atoms with E-state index < -0.39 is 5.41 Å². The summed E-state index contributed by atoms with van der Waals surface area (Å²) in [5, 5.41) is 14.0. The van der Waals surface area contributed by atoms with Crippen LogP contribution in [0.1, 0.15) is 28.7 Å². The molecule has 0 saturated heterocycles. The molecule has 0 fully saturated rings. The molecule has 3 aromatic rings. The van der Waals surface area contributed by atoms with Crippen LogP contribution in [0.3, 0.4) is 0 Å². The van der Waals surface area contributed by atoms with E-state index in [4.69, 9.17) is 14.2 Å². The number of rotatable bonds is 7. The minimum Gasteiger partial charge on any atom is -0.497 e. The van der Waals surface area contributed by atoms with Gasteiger partial charge in [0.1, 0.15) is 17.2 Å². The van der Waals surface area contributed by atoms with Crippen molar-refractivity contribution in [2.45, 2.75) is 18.3 Å². The lowest BCUT2D eigenvalue weighted by Crippen LogP contribution is -2.34. The summed E-state index contributed by atoms with van der Waals surface area (Å²) in [6.07, 6.45) is 0.978. The van der Waals surface area contributed by atoms with Gasteiger partial charge in [-0.05, 0) is 65.1 Å². The number of halogens is 1. The van der Waals surface area contributed by atoms with Crippen LogP contribution < -0.4 is 14.2 Å². The predicted octanol–water partition coefficient (Wildman–Crippen LogP) is 6.25. The number of hydrogen-bond donors (Lipinski definition) is 1. The van der Waals surface area contributed by atoms with E-state index in [0.29, 0.717) is 18.6 Å². The molecule has 3 aromatic carbocycles. The first-order valence-corrected chi connectivity index (χ1v) is 11.3. The molecule has 0 radical (unpaired) electrons. The highest BCUT2D eigenvalue weighted by Gasteiger charge is 2.49. The average Bonchev–Trinajstić information content (AvgIpc) is 3.18. The van der Waals surface area contributed by atoms with Gasteiger partial charge in [-0.15, -0.1) is 0 Å². The molecule has 1 N–H and O–H groups in total. The molecule has 1 unspecified atom stereocenters. The zero-order valence-corrected chi connectivity index (χ0v) is 20.5. The first-order valence-electron chi connectivity index (χ1n) is 10.5. The van der Waals surface area contributed by atoms with Crippen molar-refractivity contribution < 1.29 is 19.4 Å². The zero-order chi connectivity index (χ0) is 23.6. The quantitative estimate of drug-likeness (QED) is 0.303. The van der Waals surface area contributed by atoms with Crippen LogP contribution in [0.4, 0.5) is 0 Å². The summed E-state index contributed by atoms with van der Waals surface area (Å²) < 4.78 is 17.7. The maximum Gasteiger partial charge on any atom is 0.123 e. The van der Waals surface area contributed by atoms with Gasteiger partial charge < -0.3 is 19.4 Å². The minimum absolute atomic E-state index is 0.471. The Labute approximate surface area is 202 Å². The third kappa shape index (κ3) is 3.89. The number of allylic oxidation sites excluding steroid dienone is 1. The van der Waals surface area contributed by atoms with Gasteiger partial charge in [0.15, 0.2) is 0 Å². The van der Waals surface area contributed by atoms with Crippen LogP contribution in [0.25, 0.3) is 5.57 Å². The van der Waals surface area contributed by atoms with Crippen molar-refractivity contribution in [2.75, 3.05) is 21.3 Å². The van der Waals surface area contributed by atoms with Crippen molar-refractivity contribution in [2.24, 2.45) is 5.16 Å². The molecule has 0 aromatic heterocycles. The number of hydrogen-bond acceptors (Lipinski definition) is 5. The van der Waals surface area contributed by atoms with E-state index in [2.05, 4.69) is 33.7 Å². The molecule has 33 heavy (non-hydrogen) atoms. The molecule has 6 heteroatoms. The van der Waals surface area contributed by atoms with Crippen LogP contribution >= 0.6 is 15.9 Å². The van der Waals surface area contributed by atoms with Gasteiger partial charge in [-0.25, -0.2) is 0 Å². The van der Waals surface area contributed by atoms with E-state index in [0.717, 1.165) is 49.5 Å². The van der Waals surface area contributed by atoms with Gasteiger partial charge in [0.2, 0.25) is 0 Å². The summed E-state index contributed by atoms with van der Waals surface area (Å²) in [7, 11) is 4.94. The van der Waals surface area contributed by atoms with Crippen LogP contribution in [-0.2, 0) is 11.8 Å². The number of benzene rings is 3. The van der Waals surface area contributed by atoms with E-state index in [1.165, 1.54) is 0 Å². The molecule has 5 nitrogen and oxygen atoms in total. The van der Waals surface area contributed by atoms with Gasteiger partial charge in [-0.2, -0.15) is 0 Å². The van der Waals surface area contributed by atoms with Crippen molar-refractivity contribution in [3.05, 3.63) is 94.0 Å². The number of oxime groups is 1. The Morgan fingerprint density at radius 3 is 2.42 bits per heavy atom. The third-order valence-electron chi connectivity index (χ3n) is 6.33. The average molecular weight is 508 g/mol. The van der Waals surface area contributed by atoms with Crippen LogP contribution in [0, 0.1) is 0 Å². The maximum atomic E-state index is 10.2. The highest BCUT2D eigenvalue weighted by Crippen LogP contribution is 2.52. The second-order valence-corrected chi connectivity index (χ2v) is 8.84. The van der Waals surface area contributed by atoms with Crippen molar-refractivity contribution in [1.82, 2.24) is 0 Å². The fourth-order valence-electron chi connectivity index (χ4n) is 4.78. The topological polar surface area (TPSA) is 60.3 Å². The van der Waals surface area contributed by atoms with Crippen molar-refractivity contribution in [1.29, 1.82) is 0 Å². The standard InChI is InChI=1S/C27H26BrNO4/c1-17(22-15-21(32-3)11-12-23(22)28)16-27(19-8-6-9-20(14-19)31-2)25(29-30)13-18-7-5-10-24(33-4)26(18)27/h5-12,14-15,30H,1,13,16H2,2-4H3/b29-25+. The van der Waals surface area contributed by atoms with Gasteiger partial charge in [0.05, 0.1) is 32.5 Å². The second kappa shape index (κ2) is 9.32. The Balaban J connectivity index is 1.97. The first-order chi connectivity index (χ1) is 16.0. The van der Waals surface area contributed by atoms with Gasteiger partial charge >= 0.3 is 0 Å². The SMILES string of the molecule is C=C(CC1(c2cccc(OC)c2)/C(=N/O)Cc2cccc(OC)c21)c1cc(OC)ccc1Br. The Morgan fingerprint density at radius 1 is 1.00 bits per heavy atom. The van der Waals surface area contributed by atoms with Crippen LogP contribution in [0.2, 0.25) is 0 Å². The number of ether oxygens (including phenoxy) is 3. The Bertz CT molecular complexity index is 1240. The molecular formula is C27H26BrNO4. The fourth-order valence-corrected chi connectivity index (χ4v) is 5.31. The van der Waals surface area contributed by atoms with Crippen molar-refractivity contribution in [3.8, 4) is 17.2 Å². The molecule has 170 valence electrons. The number of methoxy groups -OCH3 is 3. The monoisotopic (exact) mass is 507 g/mol. The number of fused-ring (bicyclic) bond motifs is 1. The largest absolute Gasteiger partial charge is 0.497 e. The van der Waals surface area contributed by atoms with E-state index in [1.807, 2.05) is 54.6 Å². The molecule has 0 bridgehead atoms. The molecule has 4 rings (SSSR count). The number of nitrogens with zero attached hydrogens (tertiary/aromatic N) is 1. The lowest BCUT2D eigenvalue weighted by atomic mass is 9.69. The molecule has 0 amide bonds. The summed E-state index contributed by atoms with van der Waals surface area (Å²) in [5.41, 5.74) is 4.62. The van der Waals surface area contributed by atoms with E-state index >= 15 is 0 Å². The second-order valence-electron chi connectivity index (χ2n) is 7.98. The van der Waals surface area contributed by atoms with Gasteiger partial charge in [0, 0.05) is 16.5 Å². The molecule has 0 heterocycles. The Kier molecular flexibility index (Phi) is 6.47. The van der Waals surface area contributed by atoms with Gasteiger partial charge in [-0.1, -0.05) is 51.9 Å². The van der Waals surface area contributed by atoms with Crippen LogP contribution in [-0.4, -0.2) is 32.2 Å². The lowest BCUT2D eigenvalue weighted by molar-refractivity contribution is 0.313. The van der Waals surface area contributed by atoms with Crippen molar-refractivity contribution >= 4 is 27.2 Å². The lowest BCUT2D eigenvalue weighted by Gasteiger charge is -2.34. The summed E-state index contributed by atoms with van der Waals surface area (Å²) in [4.78, 5) is 0. The highest BCUT2D eigenvalue weighted by atomic mass is 79.9. The molecule has 1 aliphatic rings. The van der Waals surface area contributed by atoms with Crippen LogP contribution in [0.15, 0.2) is 76.9 Å². The van der Waals surface area contributed by atoms with Crippen molar-refractivity contribution in [3.63, 3.8) is 0 Å². The molecule has 0 saturated carbocycles. The molecular weight excluding hydrogens is 482 g/mol. The minimum atomic E-state index is -0.787. The molecule has 1 atom stereocenters. The summed E-state index contributed by atoms with van der Waals surface area (Å²) in [6, 6.07) is 19.6. The zero-order valence-electron chi connectivity index (χ0n) is 18.9.